The van der Waals surface area contributed by atoms with Crippen molar-refractivity contribution >= 4 is 11.0 Å². The van der Waals surface area contributed by atoms with Gasteiger partial charge in [0.2, 0.25) is 0 Å². The molecule has 19 heavy (non-hydrogen) atoms. The van der Waals surface area contributed by atoms with Crippen LogP contribution in [-0.4, -0.2) is 23.6 Å². The van der Waals surface area contributed by atoms with Gasteiger partial charge in [-0.25, -0.2) is 4.98 Å². The second-order valence-corrected chi connectivity index (χ2v) is 4.61. The maximum atomic E-state index is 4.68. The third kappa shape index (κ3) is 2.37. The number of rotatable bonds is 4. The summed E-state index contributed by atoms with van der Waals surface area (Å²) >= 11 is 0. The number of nitrogens with zero attached hydrogens (tertiary/aromatic N) is 1. The first-order chi connectivity index (χ1) is 9.38. The Labute approximate surface area is 112 Å². The summed E-state index contributed by atoms with van der Waals surface area (Å²) < 4.78 is 0. The lowest BCUT2D eigenvalue weighted by Gasteiger charge is -2.06. The van der Waals surface area contributed by atoms with Crippen LogP contribution in [0.5, 0.6) is 0 Å². The number of para-hydroxylation sites is 2. The highest BCUT2D eigenvalue weighted by Gasteiger charge is 2.08. The fourth-order valence-corrected chi connectivity index (χ4v) is 2.31. The van der Waals surface area contributed by atoms with Gasteiger partial charge in [-0.3, -0.25) is 0 Å². The van der Waals surface area contributed by atoms with Crippen LogP contribution in [0.15, 0.2) is 48.5 Å². The summed E-state index contributed by atoms with van der Waals surface area (Å²) in [6.45, 7) is 0.969. The van der Waals surface area contributed by atoms with Crippen LogP contribution in [0.1, 0.15) is 5.56 Å². The quantitative estimate of drug-likeness (QED) is 0.748. The standard InChI is InChI=1S/C16H17N3/c1-17-11-10-12-6-2-3-7-13(12)16-18-14-8-4-5-9-15(14)19-16/h2-9,17H,10-11H2,1H3,(H,18,19). The maximum absolute atomic E-state index is 4.68. The van der Waals surface area contributed by atoms with Crippen LogP contribution >= 0.6 is 0 Å². The summed E-state index contributed by atoms with van der Waals surface area (Å²) in [4.78, 5) is 8.07. The Kier molecular flexibility index (Phi) is 3.29. The van der Waals surface area contributed by atoms with E-state index in [0.29, 0.717) is 0 Å². The molecule has 0 amide bonds. The third-order valence-corrected chi connectivity index (χ3v) is 3.31. The molecule has 0 spiro atoms. The van der Waals surface area contributed by atoms with Crippen LogP contribution in [0.3, 0.4) is 0 Å². The fraction of sp³-hybridized carbons (Fsp3) is 0.188. The number of nitrogens with one attached hydrogen (secondary N) is 2. The molecule has 0 radical (unpaired) electrons. The van der Waals surface area contributed by atoms with Gasteiger partial charge in [0.15, 0.2) is 0 Å². The number of aromatic nitrogens is 2. The van der Waals surface area contributed by atoms with E-state index in [4.69, 9.17) is 0 Å². The third-order valence-electron chi connectivity index (χ3n) is 3.31. The molecule has 0 unspecified atom stereocenters. The molecule has 0 aliphatic rings. The molecule has 1 heterocycles. The molecule has 3 rings (SSSR count). The first kappa shape index (κ1) is 11.9. The summed E-state index contributed by atoms with van der Waals surface area (Å²) in [6.07, 6.45) is 1.00. The zero-order chi connectivity index (χ0) is 13.1. The largest absolute Gasteiger partial charge is 0.338 e. The van der Waals surface area contributed by atoms with E-state index < -0.39 is 0 Å². The van der Waals surface area contributed by atoms with E-state index in [-0.39, 0.29) is 0 Å². The van der Waals surface area contributed by atoms with Crippen LogP contribution in [0.25, 0.3) is 22.4 Å². The van der Waals surface area contributed by atoms with Crippen molar-refractivity contribution < 1.29 is 0 Å². The average Bonchev–Trinajstić information content (AvgIpc) is 2.89. The molecule has 3 aromatic rings. The van der Waals surface area contributed by atoms with Crippen molar-refractivity contribution in [3.63, 3.8) is 0 Å². The topological polar surface area (TPSA) is 40.7 Å². The first-order valence-corrected chi connectivity index (χ1v) is 6.56. The molecule has 2 N–H and O–H groups in total. The van der Waals surface area contributed by atoms with E-state index in [9.17, 15) is 0 Å². The number of benzene rings is 2. The van der Waals surface area contributed by atoms with Gasteiger partial charge < -0.3 is 10.3 Å². The van der Waals surface area contributed by atoms with Crippen LogP contribution in [0.2, 0.25) is 0 Å². The van der Waals surface area contributed by atoms with Crippen LogP contribution in [0.4, 0.5) is 0 Å². The number of hydrogen-bond acceptors (Lipinski definition) is 2. The highest BCUT2D eigenvalue weighted by Crippen LogP contribution is 2.23. The number of imidazole rings is 1. The predicted octanol–water partition coefficient (Wildman–Crippen LogP) is 2.99. The molecular formula is C16H17N3. The van der Waals surface area contributed by atoms with E-state index in [1.807, 2.05) is 25.2 Å². The molecule has 0 atom stereocenters. The average molecular weight is 251 g/mol. The monoisotopic (exact) mass is 251 g/mol. The van der Waals surface area contributed by atoms with Crippen molar-refractivity contribution in [3.8, 4) is 11.4 Å². The molecule has 2 aromatic carbocycles. The highest BCUT2D eigenvalue weighted by molar-refractivity contribution is 5.79. The van der Waals surface area contributed by atoms with E-state index >= 15 is 0 Å². The first-order valence-electron chi connectivity index (χ1n) is 6.56. The smallest absolute Gasteiger partial charge is 0.138 e. The number of fused-ring (bicyclic) bond motifs is 1. The van der Waals surface area contributed by atoms with E-state index in [1.165, 1.54) is 11.1 Å². The minimum absolute atomic E-state index is 0.952. The lowest BCUT2D eigenvalue weighted by atomic mass is 10.0. The van der Waals surface area contributed by atoms with Crippen molar-refractivity contribution in [2.45, 2.75) is 6.42 Å². The summed E-state index contributed by atoms with van der Waals surface area (Å²) in [7, 11) is 1.98. The molecule has 0 bridgehead atoms. The molecule has 1 aromatic heterocycles. The summed E-state index contributed by atoms with van der Waals surface area (Å²) in [5, 5.41) is 3.19. The van der Waals surface area contributed by atoms with Crippen molar-refractivity contribution in [1.82, 2.24) is 15.3 Å². The molecule has 0 fully saturated rings. The zero-order valence-electron chi connectivity index (χ0n) is 11.0. The maximum Gasteiger partial charge on any atom is 0.138 e. The summed E-state index contributed by atoms with van der Waals surface area (Å²) in [6, 6.07) is 16.6. The number of aromatic amines is 1. The van der Waals surface area contributed by atoms with Crippen LogP contribution in [0, 0.1) is 0 Å². The molecular weight excluding hydrogens is 234 g/mol. The SMILES string of the molecule is CNCCc1ccccc1-c1nc2ccccc2[nH]1. The summed E-state index contributed by atoms with van der Waals surface area (Å²) in [5.74, 6) is 0.952. The van der Waals surface area contributed by atoms with Gasteiger partial charge in [-0.15, -0.1) is 0 Å². The molecule has 96 valence electrons. The van der Waals surface area contributed by atoms with E-state index in [2.05, 4.69) is 45.6 Å². The Morgan fingerprint density at radius 3 is 2.68 bits per heavy atom. The molecule has 0 saturated carbocycles. The number of likely N-dealkylation sites (N-methyl/N-ethyl adjacent to an activating group) is 1. The Bertz CT molecular complexity index is 652. The minimum atomic E-state index is 0.952. The van der Waals surface area contributed by atoms with Crippen molar-refractivity contribution in [2.75, 3.05) is 13.6 Å². The van der Waals surface area contributed by atoms with Crippen molar-refractivity contribution in [3.05, 3.63) is 54.1 Å². The van der Waals surface area contributed by atoms with Gasteiger partial charge in [0.1, 0.15) is 5.82 Å². The van der Waals surface area contributed by atoms with E-state index in [1.54, 1.807) is 0 Å². The van der Waals surface area contributed by atoms with Gasteiger partial charge in [-0.1, -0.05) is 36.4 Å². The van der Waals surface area contributed by atoms with Gasteiger partial charge >= 0.3 is 0 Å². The summed E-state index contributed by atoms with van der Waals surface area (Å²) in [5.41, 5.74) is 4.60. The van der Waals surface area contributed by atoms with Gasteiger partial charge in [-0.2, -0.15) is 0 Å². The van der Waals surface area contributed by atoms with Crippen LogP contribution < -0.4 is 5.32 Å². The molecule has 3 nitrogen and oxygen atoms in total. The van der Waals surface area contributed by atoms with Crippen molar-refractivity contribution in [1.29, 1.82) is 0 Å². The predicted molar refractivity (Wildman–Crippen MR) is 79.2 cm³/mol. The molecule has 0 aliphatic carbocycles. The normalized spacial score (nSPS) is 11.0. The Morgan fingerprint density at radius 1 is 1.05 bits per heavy atom. The Balaban J connectivity index is 2.05. The van der Waals surface area contributed by atoms with Gasteiger partial charge in [0, 0.05) is 5.56 Å². The van der Waals surface area contributed by atoms with Gasteiger partial charge in [-0.05, 0) is 37.7 Å². The molecule has 3 heteroatoms. The highest BCUT2D eigenvalue weighted by atomic mass is 14.9. The molecule has 0 aliphatic heterocycles. The lowest BCUT2D eigenvalue weighted by molar-refractivity contribution is 0.792. The van der Waals surface area contributed by atoms with Gasteiger partial charge in [0.05, 0.1) is 11.0 Å². The fourth-order valence-electron chi connectivity index (χ4n) is 2.31. The number of H-pyrrole nitrogens is 1. The zero-order valence-corrected chi connectivity index (χ0v) is 11.0. The lowest BCUT2D eigenvalue weighted by Crippen LogP contribution is -2.10. The Hall–Kier alpha value is -2.13. The second-order valence-electron chi connectivity index (χ2n) is 4.61. The Morgan fingerprint density at radius 2 is 1.84 bits per heavy atom. The van der Waals surface area contributed by atoms with E-state index in [0.717, 1.165) is 29.8 Å². The molecule has 0 saturated heterocycles. The number of hydrogen-bond donors (Lipinski definition) is 2. The second kappa shape index (κ2) is 5.24. The van der Waals surface area contributed by atoms with Gasteiger partial charge in [0.25, 0.3) is 0 Å². The van der Waals surface area contributed by atoms with Crippen LogP contribution in [-0.2, 0) is 6.42 Å². The van der Waals surface area contributed by atoms with Crippen molar-refractivity contribution in [2.24, 2.45) is 0 Å². The minimum Gasteiger partial charge on any atom is -0.338 e.